The molecule has 0 aliphatic heterocycles. The van der Waals surface area contributed by atoms with Crippen LogP contribution in [0.4, 0.5) is 5.69 Å². The zero-order valence-electron chi connectivity index (χ0n) is 11.3. The Morgan fingerprint density at radius 2 is 2.21 bits per heavy atom. The maximum Gasteiger partial charge on any atom is 0.225 e. The fourth-order valence-electron chi connectivity index (χ4n) is 2.21. The fraction of sp³-hybridized carbons (Fsp3) is 0.400. The minimum absolute atomic E-state index is 0.0139. The molecule has 0 heterocycles. The monoisotopic (exact) mass is 261 g/mol. The molecule has 0 unspecified atom stereocenters. The maximum atomic E-state index is 12.0. The highest BCUT2D eigenvalue weighted by Gasteiger charge is 2.15. The van der Waals surface area contributed by atoms with Crippen molar-refractivity contribution in [2.75, 3.05) is 19.5 Å². The molecule has 2 rings (SSSR count). The average Bonchev–Trinajstić information content (AvgIpc) is 2.91. The van der Waals surface area contributed by atoms with Crippen LogP contribution >= 0.6 is 0 Å². The van der Waals surface area contributed by atoms with Crippen molar-refractivity contribution in [1.82, 2.24) is 0 Å². The van der Waals surface area contributed by atoms with Gasteiger partial charge in [-0.25, -0.2) is 0 Å². The Labute approximate surface area is 113 Å². The van der Waals surface area contributed by atoms with Gasteiger partial charge in [-0.05, 0) is 30.9 Å². The third-order valence-electron chi connectivity index (χ3n) is 3.24. The molecule has 0 bridgehead atoms. The number of benzene rings is 1. The van der Waals surface area contributed by atoms with E-state index in [4.69, 9.17) is 9.47 Å². The minimum atomic E-state index is 0.0139. The van der Waals surface area contributed by atoms with Crippen molar-refractivity contribution in [3.8, 4) is 11.5 Å². The van der Waals surface area contributed by atoms with Gasteiger partial charge in [-0.1, -0.05) is 12.2 Å². The van der Waals surface area contributed by atoms with E-state index < -0.39 is 0 Å². The van der Waals surface area contributed by atoms with Gasteiger partial charge >= 0.3 is 0 Å². The first-order chi connectivity index (χ1) is 9.22. The van der Waals surface area contributed by atoms with Crippen LogP contribution in [0.3, 0.4) is 0 Å². The Balaban J connectivity index is 2.01. The third kappa shape index (κ3) is 3.50. The van der Waals surface area contributed by atoms with E-state index in [1.165, 1.54) is 0 Å². The van der Waals surface area contributed by atoms with Gasteiger partial charge in [-0.2, -0.15) is 0 Å². The molecule has 1 amide bonds. The number of carbonyl (C=O) groups excluding carboxylic acids is 1. The van der Waals surface area contributed by atoms with E-state index in [0.29, 0.717) is 29.5 Å². The van der Waals surface area contributed by atoms with Crippen LogP contribution in [-0.4, -0.2) is 20.1 Å². The van der Waals surface area contributed by atoms with E-state index in [2.05, 4.69) is 17.5 Å². The molecule has 0 saturated heterocycles. The highest BCUT2D eigenvalue weighted by Crippen LogP contribution is 2.29. The molecule has 1 N–H and O–H groups in total. The van der Waals surface area contributed by atoms with Crippen LogP contribution < -0.4 is 14.8 Å². The molecule has 1 aliphatic rings. The molecule has 0 aromatic heterocycles. The Hall–Kier alpha value is -1.97. The van der Waals surface area contributed by atoms with Crippen molar-refractivity contribution < 1.29 is 14.3 Å². The Morgan fingerprint density at radius 1 is 1.37 bits per heavy atom. The van der Waals surface area contributed by atoms with Crippen LogP contribution in [0.5, 0.6) is 11.5 Å². The minimum Gasteiger partial charge on any atom is -0.497 e. The van der Waals surface area contributed by atoms with Gasteiger partial charge in [0.2, 0.25) is 5.91 Å². The predicted octanol–water partition coefficient (Wildman–Crippen LogP) is 3.00. The molecule has 1 aromatic carbocycles. The van der Waals surface area contributed by atoms with Gasteiger partial charge in [0.05, 0.1) is 19.9 Å². The lowest BCUT2D eigenvalue weighted by atomic mass is 10.1. The van der Waals surface area contributed by atoms with E-state index in [1.807, 2.05) is 0 Å². The zero-order chi connectivity index (χ0) is 13.7. The van der Waals surface area contributed by atoms with Crippen LogP contribution in [0, 0.1) is 5.92 Å². The lowest BCUT2D eigenvalue weighted by Gasteiger charge is -2.13. The summed E-state index contributed by atoms with van der Waals surface area (Å²) in [6.07, 6.45) is 6.90. The first-order valence-electron chi connectivity index (χ1n) is 6.41. The van der Waals surface area contributed by atoms with E-state index >= 15 is 0 Å². The smallest absolute Gasteiger partial charge is 0.225 e. The van der Waals surface area contributed by atoms with Crippen molar-refractivity contribution in [3.63, 3.8) is 0 Å². The van der Waals surface area contributed by atoms with E-state index in [0.717, 1.165) is 12.8 Å². The third-order valence-corrected chi connectivity index (χ3v) is 3.24. The zero-order valence-corrected chi connectivity index (χ0v) is 11.3. The second kappa shape index (κ2) is 6.27. The van der Waals surface area contributed by atoms with E-state index in [1.54, 1.807) is 32.4 Å². The van der Waals surface area contributed by atoms with Crippen molar-refractivity contribution in [1.29, 1.82) is 0 Å². The molecule has 0 radical (unpaired) electrons. The molecule has 0 saturated carbocycles. The SMILES string of the molecule is COc1ccc(NC(=O)C[C@H]2C=CCC2)c(OC)c1. The van der Waals surface area contributed by atoms with Crippen LogP contribution in [0.15, 0.2) is 30.4 Å². The standard InChI is InChI=1S/C15H19NO3/c1-18-12-7-8-13(14(10-12)19-2)16-15(17)9-11-5-3-4-6-11/h3,5,7-8,10-11H,4,6,9H2,1-2H3,(H,16,17)/t11-/m0/s1. The van der Waals surface area contributed by atoms with Crippen LogP contribution in [0.2, 0.25) is 0 Å². The Morgan fingerprint density at radius 3 is 2.84 bits per heavy atom. The quantitative estimate of drug-likeness (QED) is 0.829. The molecular formula is C15H19NO3. The number of nitrogens with one attached hydrogen (secondary N) is 1. The number of carbonyl (C=O) groups is 1. The molecule has 19 heavy (non-hydrogen) atoms. The molecule has 102 valence electrons. The van der Waals surface area contributed by atoms with Crippen molar-refractivity contribution >= 4 is 11.6 Å². The van der Waals surface area contributed by atoms with Gasteiger partial charge in [0.15, 0.2) is 0 Å². The fourth-order valence-corrected chi connectivity index (χ4v) is 2.21. The molecule has 4 nitrogen and oxygen atoms in total. The summed E-state index contributed by atoms with van der Waals surface area (Å²) in [5, 5.41) is 2.89. The summed E-state index contributed by atoms with van der Waals surface area (Å²) in [5.41, 5.74) is 0.676. The second-order valence-corrected chi connectivity index (χ2v) is 4.58. The molecule has 4 heteroatoms. The summed E-state index contributed by atoms with van der Waals surface area (Å²) in [6, 6.07) is 5.35. The van der Waals surface area contributed by atoms with Crippen LogP contribution in [-0.2, 0) is 4.79 Å². The van der Waals surface area contributed by atoms with Gasteiger partial charge < -0.3 is 14.8 Å². The molecule has 1 aromatic rings. The number of hydrogen-bond acceptors (Lipinski definition) is 3. The summed E-state index contributed by atoms with van der Waals surface area (Å²) in [5.74, 6) is 1.69. The Kier molecular flexibility index (Phi) is 4.44. The van der Waals surface area contributed by atoms with Crippen LogP contribution in [0.1, 0.15) is 19.3 Å². The second-order valence-electron chi connectivity index (χ2n) is 4.58. The first-order valence-corrected chi connectivity index (χ1v) is 6.41. The van der Waals surface area contributed by atoms with Crippen molar-refractivity contribution in [2.45, 2.75) is 19.3 Å². The van der Waals surface area contributed by atoms with Crippen LogP contribution in [0.25, 0.3) is 0 Å². The summed E-state index contributed by atoms with van der Waals surface area (Å²) in [7, 11) is 3.17. The highest BCUT2D eigenvalue weighted by atomic mass is 16.5. The molecular weight excluding hydrogens is 242 g/mol. The van der Waals surface area contributed by atoms with E-state index in [-0.39, 0.29) is 5.91 Å². The number of ether oxygens (including phenoxy) is 2. The normalized spacial score (nSPS) is 17.3. The first kappa shape index (κ1) is 13.5. The number of hydrogen-bond donors (Lipinski definition) is 1. The van der Waals surface area contributed by atoms with Crippen molar-refractivity contribution in [3.05, 3.63) is 30.4 Å². The number of methoxy groups -OCH3 is 2. The highest BCUT2D eigenvalue weighted by molar-refractivity contribution is 5.92. The average molecular weight is 261 g/mol. The molecule has 1 aliphatic carbocycles. The number of rotatable bonds is 5. The number of amides is 1. The summed E-state index contributed by atoms with van der Waals surface area (Å²) < 4.78 is 10.4. The van der Waals surface area contributed by atoms with Crippen molar-refractivity contribution in [2.24, 2.45) is 5.92 Å². The predicted molar refractivity (Wildman–Crippen MR) is 74.7 cm³/mol. The van der Waals surface area contributed by atoms with Gasteiger partial charge in [-0.3, -0.25) is 4.79 Å². The van der Waals surface area contributed by atoms with Gasteiger partial charge in [0.1, 0.15) is 11.5 Å². The molecule has 1 atom stereocenters. The maximum absolute atomic E-state index is 12.0. The number of allylic oxidation sites excluding steroid dienone is 2. The summed E-state index contributed by atoms with van der Waals surface area (Å²) in [6.45, 7) is 0. The van der Waals surface area contributed by atoms with Gasteiger partial charge in [0.25, 0.3) is 0 Å². The molecule has 0 fully saturated rings. The topological polar surface area (TPSA) is 47.6 Å². The Bertz CT molecular complexity index is 482. The van der Waals surface area contributed by atoms with Gasteiger partial charge in [-0.15, -0.1) is 0 Å². The summed E-state index contributed by atoms with van der Waals surface area (Å²) >= 11 is 0. The van der Waals surface area contributed by atoms with Gasteiger partial charge in [0, 0.05) is 12.5 Å². The lowest BCUT2D eigenvalue weighted by molar-refractivity contribution is -0.116. The number of anilines is 1. The summed E-state index contributed by atoms with van der Waals surface area (Å²) in [4.78, 5) is 12.0. The largest absolute Gasteiger partial charge is 0.497 e. The van der Waals surface area contributed by atoms with E-state index in [9.17, 15) is 4.79 Å². The molecule has 0 spiro atoms. The lowest BCUT2D eigenvalue weighted by Crippen LogP contribution is -2.15.